The Labute approximate surface area is 274 Å². The van der Waals surface area contributed by atoms with Crippen molar-refractivity contribution >= 4 is 22.3 Å². The molecular formula is C40H28N8. The summed E-state index contributed by atoms with van der Waals surface area (Å²) in [4.78, 5) is 32.4. The maximum absolute atomic E-state index is 4.30. The molecule has 9 rings (SSSR count). The molecule has 48 heavy (non-hydrogen) atoms. The molecule has 4 N–H and O–H groups in total. The molecule has 8 aromatic heterocycles. The second-order valence-corrected chi connectivity index (χ2v) is 11.6. The van der Waals surface area contributed by atoms with Crippen LogP contribution in [-0.2, 0) is 0 Å². The molecular weight excluding hydrogens is 592 g/mol. The van der Waals surface area contributed by atoms with Gasteiger partial charge in [-0.25, -0.2) is 0 Å². The summed E-state index contributed by atoms with van der Waals surface area (Å²) in [6.45, 7) is 0. The Morgan fingerprint density at radius 2 is 0.479 bits per heavy atom. The number of hydrogen-bond donors (Lipinski definition) is 4. The Kier molecular flexibility index (Phi) is 6.61. The molecule has 1 aliphatic rings. The Balaban J connectivity index is 1.44. The summed E-state index contributed by atoms with van der Waals surface area (Å²) in [6.07, 6.45) is 14.6. The van der Waals surface area contributed by atoms with E-state index < -0.39 is 0 Å². The van der Waals surface area contributed by atoms with Crippen LogP contribution in [0.4, 0.5) is 0 Å². The van der Waals surface area contributed by atoms with Crippen molar-refractivity contribution < 1.29 is 0 Å². The van der Waals surface area contributed by atoms with Crippen LogP contribution in [0.3, 0.4) is 0 Å². The summed E-state index contributed by atoms with van der Waals surface area (Å²) in [5.74, 6) is 0. The van der Waals surface area contributed by atoms with Gasteiger partial charge in [-0.05, 0) is 119 Å². The van der Waals surface area contributed by atoms with Crippen LogP contribution in [0.5, 0.6) is 0 Å². The first-order valence-electron chi connectivity index (χ1n) is 15.7. The first-order chi connectivity index (χ1) is 23.8. The molecule has 0 spiro atoms. The molecule has 0 fully saturated rings. The maximum atomic E-state index is 4.30. The molecule has 0 saturated carbocycles. The molecule has 8 bridgehead atoms. The van der Waals surface area contributed by atoms with E-state index in [4.69, 9.17) is 0 Å². The Bertz CT molecular complexity index is 2280. The maximum Gasteiger partial charge on any atom is 0.0485 e. The van der Waals surface area contributed by atoms with Gasteiger partial charge in [0.05, 0.1) is 0 Å². The minimum Gasteiger partial charge on any atom is -0.354 e. The van der Waals surface area contributed by atoms with Gasteiger partial charge in [0, 0.05) is 116 Å². The summed E-state index contributed by atoms with van der Waals surface area (Å²) >= 11 is 0. The zero-order chi connectivity index (χ0) is 31.9. The third-order valence-corrected chi connectivity index (χ3v) is 8.77. The molecule has 0 unspecified atom stereocenters. The van der Waals surface area contributed by atoms with Gasteiger partial charge in [-0.1, -0.05) is 0 Å². The minimum absolute atomic E-state index is 0.978. The molecule has 228 valence electrons. The molecule has 1 aliphatic heterocycles. The lowest BCUT2D eigenvalue weighted by Crippen LogP contribution is -2.19. The van der Waals surface area contributed by atoms with Crippen LogP contribution < -0.4 is 21.4 Å². The van der Waals surface area contributed by atoms with Crippen molar-refractivity contribution in [3.05, 3.63) is 213 Å². The van der Waals surface area contributed by atoms with Crippen LogP contribution in [0, 0.1) is 0 Å². The van der Waals surface area contributed by atoms with E-state index in [2.05, 4.69) is 88.4 Å². The highest BCUT2D eigenvalue weighted by Crippen LogP contribution is 2.27. The van der Waals surface area contributed by atoms with E-state index >= 15 is 0 Å². The molecule has 8 aromatic rings. The number of fused-ring (bicyclic) bond motifs is 8. The molecule has 0 aromatic carbocycles. The lowest BCUT2D eigenvalue weighted by atomic mass is 10.0. The molecule has 0 atom stereocenters. The van der Waals surface area contributed by atoms with Crippen LogP contribution in [-0.4, -0.2) is 39.9 Å². The van der Waals surface area contributed by atoms with Gasteiger partial charge in [-0.15, -0.1) is 0 Å². The second kappa shape index (κ2) is 11.5. The molecule has 9 heterocycles. The van der Waals surface area contributed by atoms with E-state index in [0.717, 1.165) is 88.7 Å². The minimum atomic E-state index is 0.978. The first-order valence-corrected chi connectivity index (χ1v) is 15.7. The van der Waals surface area contributed by atoms with Crippen LogP contribution in [0.1, 0.15) is 45.0 Å². The fraction of sp³-hybridized carbons (Fsp3) is 0. The number of aromatic amines is 4. The highest BCUT2D eigenvalue weighted by Gasteiger charge is 2.18. The lowest BCUT2D eigenvalue weighted by Gasteiger charge is -2.09. The zero-order valence-electron chi connectivity index (χ0n) is 25.6. The summed E-state index contributed by atoms with van der Waals surface area (Å²) in [5, 5.41) is 3.91. The summed E-state index contributed by atoms with van der Waals surface area (Å²) in [5.41, 5.74) is 12.3. The monoisotopic (exact) mass is 620 g/mol. The van der Waals surface area contributed by atoms with E-state index in [-0.39, 0.29) is 0 Å². The van der Waals surface area contributed by atoms with Crippen LogP contribution in [0.25, 0.3) is 22.3 Å². The summed E-state index contributed by atoms with van der Waals surface area (Å²) in [7, 11) is 0. The van der Waals surface area contributed by atoms with Gasteiger partial charge < -0.3 is 19.9 Å². The van der Waals surface area contributed by atoms with Crippen molar-refractivity contribution in [1.29, 1.82) is 0 Å². The smallest absolute Gasteiger partial charge is 0.0485 e. The molecule has 0 saturated heterocycles. The first kappa shape index (κ1) is 27.5. The van der Waals surface area contributed by atoms with Gasteiger partial charge in [0.2, 0.25) is 0 Å². The van der Waals surface area contributed by atoms with E-state index in [1.54, 1.807) is 0 Å². The number of pyridine rings is 4. The van der Waals surface area contributed by atoms with Gasteiger partial charge in [0.15, 0.2) is 0 Å². The van der Waals surface area contributed by atoms with Crippen molar-refractivity contribution in [3.63, 3.8) is 0 Å². The van der Waals surface area contributed by atoms with Gasteiger partial charge in [-0.3, -0.25) is 19.9 Å². The fourth-order valence-corrected chi connectivity index (χ4v) is 6.65. The SMILES string of the molecule is c1cc(C2=c3ccc([nH]3)=C(c3ccncc3)c3ccc([nH]3)C(c3ccncc3)=c3ccc([nH]3)=C(c3ccncc3)c3ccc2[nH]3)ccn1. The van der Waals surface area contributed by atoms with Crippen molar-refractivity contribution in [2.75, 3.05) is 0 Å². The third-order valence-electron chi connectivity index (χ3n) is 8.77. The standard InChI is InChI=1S/C40H28N8/c1-2-30-38(26-11-19-42-20-12-26)32-5-6-34(47-32)40(28-15-23-44-24-16-28)36-8-7-35(48-36)39(27-13-21-43-22-14-27)33-4-3-31(46-33)37(29(1)45-30)25-9-17-41-18-10-25/h1-24,45-48H. The van der Waals surface area contributed by atoms with Crippen LogP contribution in [0.15, 0.2) is 147 Å². The van der Waals surface area contributed by atoms with Gasteiger partial charge >= 0.3 is 0 Å². The average molecular weight is 621 g/mol. The van der Waals surface area contributed by atoms with Crippen molar-refractivity contribution in [1.82, 2.24) is 39.9 Å². The quantitative estimate of drug-likeness (QED) is 0.239. The van der Waals surface area contributed by atoms with Crippen molar-refractivity contribution in [3.8, 4) is 0 Å². The van der Waals surface area contributed by atoms with Gasteiger partial charge in [-0.2, -0.15) is 0 Å². The molecule has 0 radical (unpaired) electrons. The Hall–Kier alpha value is -6.80. The highest BCUT2D eigenvalue weighted by molar-refractivity contribution is 5.84. The molecule has 8 heteroatoms. The third kappa shape index (κ3) is 4.80. The van der Waals surface area contributed by atoms with Crippen LogP contribution in [0.2, 0.25) is 0 Å². The fourth-order valence-electron chi connectivity index (χ4n) is 6.65. The zero-order valence-corrected chi connectivity index (χ0v) is 25.6. The lowest BCUT2D eigenvalue weighted by molar-refractivity contribution is 1.18. The Morgan fingerprint density at radius 3 is 0.708 bits per heavy atom. The normalized spacial score (nSPS) is 12.8. The number of nitrogens with one attached hydrogen (secondary N) is 4. The summed E-state index contributed by atoms with van der Waals surface area (Å²) < 4.78 is 0. The van der Waals surface area contributed by atoms with E-state index in [9.17, 15) is 0 Å². The number of aromatic nitrogens is 8. The topological polar surface area (TPSA) is 115 Å². The average Bonchev–Trinajstić information content (AvgIpc) is 3.98. The number of hydrogen-bond acceptors (Lipinski definition) is 4. The number of rotatable bonds is 4. The van der Waals surface area contributed by atoms with Crippen molar-refractivity contribution in [2.24, 2.45) is 0 Å². The van der Waals surface area contributed by atoms with Gasteiger partial charge in [0.25, 0.3) is 0 Å². The second-order valence-electron chi connectivity index (χ2n) is 11.6. The number of H-pyrrole nitrogens is 4. The Morgan fingerprint density at radius 1 is 0.250 bits per heavy atom. The van der Waals surface area contributed by atoms with E-state index in [1.807, 2.05) is 98.1 Å². The van der Waals surface area contributed by atoms with Crippen molar-refractivity contribution in [2.45, 2.75) is 0 Å². The largest absolute Gasteiger partial charge is 0.354 e. The summed E-state index contributed by atoms with van der Waals surface area (Å²) in [6, 6.07) is 33.5. The predicted octanol–water partition coefficient (Wildman–Crippen LogP) is 3.88. The molecule has 8 nitrogen and oxygen atoms in total. The molecule has 0 aliphatic carbocycles. The van der Waals surface area contributed by atoms with E-state index in [0.29, 0.717) is 0 Å². The number of nitrogens with zero attached hydrogens (tertiary/aromatic N) is 4. The predicted molar refractivity (Wildman–Crippen MR) is 185 cm³/mol. The van der Waals surface area contributed by atoms with Crippen LogP contribution >= 0.6 is 0 Å². The van der Waals surface area contributed by atoms with E-state index in [1.165, 1.54) is 0 Å². The molecule has 0 amide bonds. The highest BCUT2D eigenvalue weighted by atomic mass is 14.8. The van der Waals surface area contributed by atoms with Gasteiger partial charge in [0.1, 0.15) is 0 Å².